The number of ether oxygens (including phenoxy) is 1. The second kappa shape index (κ2) is 6.85. The van der Waals surface area contributed by atoms with E-state index in [4.69, 9.17) is 11.5 Å². The van der Waals surface area contributed by atoms with Gasteiger partial charge in [0.15, 0.2) is 0 Å². The van der Waals surface area contributed by atoms with Crippen molar-refractivity contribution >= 4 is 6.09 Å². The zero-order chi connectivity index (χ0) is 12.6. The van der Waals surface area contributed by atoms with Gasteiger partial charge >= 0.3 is 6.09 Å². The van der Waals surface area contributed by atoms with Gasteiger partial charge in [-0.05, 0) is 26.3 Å². The van der Waals surface area contributed by atoms with E-state index in [9.17, 15) is 4.79 Å². The average molecular weight is 224 g/mol. The number of amides is 1. The van der Waals surface area contributed by atoms with Crippen molar-refractivity contribution in [2.75, 3.05) is 0 Å². The van der Waals surface area contributed by atoms with Crippen LogP contribution in [-0.4, -0.2) is 11.7 Å². The lowest BCUT2D eigenvalue weighted by Crippen LogP contribution is -2.27. The van der Waals surface area contributed by atoms with Gasteiger partial charge < -0.3 is 16.2 Å². The summed E-state index contributed by atoms with van der Waals surface area (Å²) >= 11 is 0. The zero-order valence-corrected chi connectivity index (χ0v) is 10.1. The van der Waals surface area contributed by atoms with Crippen LogP contribution >= 0.6 is 0 Å². The molecule has 0 aliphatic heterocycles. The van der Waals surface area contributed by atoms with Crippen LogP contribution < -0.4 is 11.5 Å². The Morgan fingerprint density at radius 2 is 1.75 bits per heavy atom. The maximum atomic E-state index is 10.0. The highest BCUT2D eigenvalue weighted by Crippen LogP contribution is 2.04. The predicted octanol–water partition coefficient (Wildman–Crippen LogP) is 2.03. The van der Waals surface area contributed by atoms with E-state index in [0.717, 1.165) is 0 Å². The molecule has 0 bridgehead atoms. The fourth-order valence-corrected chi connectivity index (χ4v) is 0.916. The van der Waals surface area contributed by atoms with Crippen molar-refractivity contribution in [1.29, 1.82) is 0 Å². The molecule has 4 heteroatoms. The normalized spacial score (nSPS) is 10.0. The van der Waals surface area contributed by atoms with Crippen LogP contribution in [-0.2, 0) is 11.3 Å². The second-order valence-electron chi connectivity index (χ2n) is 4.22. The maximum Gasteiger partial charge on any atom is 0.405 e. The molecule has 1 aromatic carbocycles. The lowest BCUT2D eigenvalue weighted by atomic mass is 10.2. The first-order valence-electron chi connectivity index (χ1n) is 5.07. The number of primary amides is 1. The van der Waals surface area contributed by atoms with E-state index in [2.05, 4.69) is 4.74 Å². The van der Waals surface area contributed by atoms with Gasteiger partial charge in [0.2, 0.25) is 0 Å². The largest absolute Gasteiger partial charge is 0.444 e. The van der Waals surface area contributed by atoms with E-state index >= 15 is 0 Å². The third-order valence-electron chi connectivity index (χ3n) is 1.49. The Morgan fingerprint density at radius 1 is 1.25 bits per heavy atom. The first kappa shape index (κ1) is 14.5. The number of hydrogen-bond acceptors (Lipinski definition) is 3. The quantitative estimate of drug-likeness (QED) is 0.766. The molecule has 0 aliphatic carbocycles. The van der Waals surface area contributed by atoms with Gasteiger partial charge in [0.05, 0.1) is 0 Å². The van der Waals surface area contributed by atoms with Crippen LogP contribution in [0.2, 0.25) is 0 Å². The average Bonchev–Trinajstić information content (AvgIpc) is 2.16. The van der Waals surface area contributed by atoms with Crippen molar-refractivity contribution in [2.45, 2.75) is 32.9 Å². The summed E-state index contributed by atoms with van der Waals surface area (Å²) in [4.78, 5) is 10.0. The van der Waals surface area contributed by atoms with E-state index in [1.807, 2.05) is 30.3 Å². The molecule has 0 atom stereocenters. The fraction of sp³-hybridized carbons (Fsp3) is 0.417. The highest BCUT2D eigenvalue weighted by Gasteiger charge is 2.12. The molecule has 4 nitrogen and oxygen atoms in total. The van der Waals surface area contributed by atoms with Gasteiger partial charge in [-0.25, -0.2) is 4.79 Å². The van der Waals surface area contributed by atoms with Crippen LogP contribution in [0.1, 0.15) is 26.3 Å². The molecule has 90 valence electrons. The van der Waals surface area contributed by atoms with Gasteiger partial charge in [-0.2, -0.15) is 0 Å². The van der Waals surface area contributed by atoms with Crippen LogP contribution in [0.4, 0.5) is 4.79 Å². The number of carbonyl (C=O) groups is 1. The Morgan fingerprint density at radius 3 is 1.94 bits per heavy atom. The van der Waals surface area contributed by atoms with E-state index in [1.165, 1.54) is 5.56 Å². The summed E-state index contributed by atoms with van der Waals surface area (Å²) in [6.07, 6.45) is -0.725. The summed E-state index contributed by atoms with van der Waals surface area (Å²) in [5, 5.41) is 0. The van der Waals surface area contributed by atoms with Crippen molar-refractivity contribution in [3.63, 3.8) is 0 Å². The Labute approximate surface area is 96.6 Å². The van der Waals surface area contributed by atoms with Crippen LogP contribution in [0.15, 0.2) is 30.3 Å². The molecule has 0 saturated heterocycles. The van der Waals surface area contributed by atoms with Crippen molar-refractivity contribution in [2.24, 2.45) is 11.5 Å². The number of hydrogen-bond donors (Lipinski definition) is 2. The topological polar surface area (TPSA) is 78.3 Å². The minimum absolute atomic E-state index is 0.453. The molecule has 0 aromatic heterocycles. The Hall–Kier alpha value is -1.55. The summed E-state index contributed by atoms with van der Waals surface area (Å²) < 4.78 is 4.58. The summed E-state index contributed by atoms with van der Waals surface area (Å²) in [7, 11) is 0. The highest BCUT2D eigenvalue weighted by atomic mass is 16.6. The van der Waals surface area contributed by atoms with Crippen molar-refractivity contribution in [1.82, 2.24) is 0 Å². The molecule has 4 N–H and O–H groups in total. The first-order valence-corrected chi connectivity index (χ1v) is 5.07. The molecule has 1 aromatic rings. The van der Waals surface area contributed by atoms with Crippen LogP contribution in [0.5, 0.6) is 0 Å². The molecule has 0 saturated carbocycles. The van der Waals surface area contributed by atoms with Crippen LogP contribution in [0.25, 0.3) is 0 Å². The number of benzene rings is 1. The molecular formula is C12H20N2O2. The molecule has 0 aliphatic rings. The van der Waals surface area contributed by atoms with Crippen molar-refractivity contribution in [3.8, 4) is 0 Å². The molecular weight excluding hydrogens is 204 g/mol. The molecule has 0 unspecified atom stereocenters. The molecule has 1 amide bonds. The smallest absolute Gasteiger partial charge is 0.405 e. The summed E-state index contributed by atoms with van der Waals surface area (Å²) in [6.45, 7) is 5.92. The standard InChI is InChI=1S/C7H9N.C5H11NO2/c8-6-7-4-2-1-3-5-7;1-5(2,3)8-4(6)7/h1-5H,6,8H2;1-3H3,(H2,6,7). The van der Waals surface area contributed by atoms with E-state index in [-0.39, 0.29) is 0 Å². The summed E-state index contributed by atoms with van der Waals surface area (Å²) in [5.74, 6) is 0. The van der Waals surface area contributed by atoms with Gasteiger partial charge in [0.1, 0.15) is 5.60 Å². The molecule has 0 fully saturated rings. The molecule has 1 rings (SSSR count). The lowest BCUT2D eigenvalue weighted by Gasteiger charge is -2.16. The van der Waals surface area contributed by atoms with E-state index in [0.29, 0.717) is 6.54 Å². The Kier molecular flexibility index (Phi) is 6.18. The number of carbonyl (C=O) groups excluding carboxylic acids is 1. The molecule has 0 radical (unpaired) electrons. The second-order valence-corrected chi connectivity index (χ2v) is 4.22. The van der Waals surface area contributed by atoms with Gasteiger partial charge in [-0.15, -0.1) is 0 Å². The number of nitrogens with two attached hydrogens (primary N) is 2. The Bertz CT molecular complexity index is 305. The monoisotopic (exact) mass is 224 g/mol. The third kappa shape index (κ3) is 9.02. The zero-order valence-electron chi connectivity index (χ0n) is 10.1. The minimum Gasteiger partial charge on any atom is -0.444 e. The van der Waals surface area contributed by atoms with Gasteiger partial charge in [0, 0.05) is 6.54 Å². The SMILES string of the molecule is CC(C)(C)OC(N)=O.NCc1ccccc1. The van der Waals surface area contributed by atoms with Crippen LogP contribution in [0, 0.1) is 0 Å². The summed E-state index contributed by atoms with van der Waals surface area (Å²) in [6, 6.07) is 9.99. The van der Waals surface area contributed by atoms with Gasteiger partial charge in [-0.3, -0.25) is 0 Å². The van der Waals surface area contributed by atoms with E-state index in [1.54, 1.807) is 20.8 Å². The molecule has 0 spiro atoms. The lowest BCUT2D eigenvalue weighted by molar-refractivity contribution is 0.0600. The maximum absolute atomic E-state index is 10.0. The fourth-order valence-electron chi connectivity index (χ4n) is 0.916. The number of rotatable bonds is 1. The third-order valence-corrected chi connectivity index (χ3v) is 1.49. The van der Waals surface area contributed by atoms with Crippen molar-refractivity contribution in [3.05, 3.63) is 35.9 Å². The molecule has 0 heterocycles. The van der Waals surface area contributed by atoms with Crippen molar-refractivity contribution < 1.29 is 9.53 Å². The van der Waals surface area contributed by atoms with Gasteiger partial charge in [-0.1, -0.05) is 30.3 Å². The summed E-state index contributed by atoms with van der Waals surface area (Å²) in [5.41, 5.74) is 10.8. The predicted molar refractivity (Wildman–Crippen MR) is 64.8 cm³/mol. The van der Waals surface area contributed by atoms with E-state index < -0.39 is 11.7 Å². The van der Waals surface area contributed by atoms with Gasteiger partial charge in [0.25, 0.3) is 0 Å². The van der Waals surface area contributed by atoms with Crippen LogP contribution in [0.3, 0.4) is 0 Å². The highest BCUT2D eigenvalue weighted by molar-refractivity contribution is 5.65. The minimum atomic E-state index is -0.725. The first-order chi connectivity index (χ1) is 7.35. The molecule has 16 heavy (non-hydrogen) atoms. The Balaban J connectivity index is 0.000000281.